The number of aromatic nitrogens is 3. The van der Waals surface area contributed by atoms with E-state index in [0.717, 1.165) is 16.9 Å². The molecule has 0 aliphatic carbocycles. The molecule has 0 aliphatic heterocycles. The van der Waals surface area contributed by atoms with Crippen molar-refractivity contribution in [3.63, 3.8) is 0 Å². The standard InChI is InChI=1S/C7H4FN3O2/c8-4-2-9-6-1-5(7(12)13)10-11(6)3-4/h1-3H,(H,12,13). The molecule has 0 fully saturated rings. The van der Waals surface area contributed by atoms with E-state index in [1.165, 1.54) is 6.07 Å². The maximum Gasteiger partial charge on any atom is 0.356 e. The fourth-order valence-electron chi connectivity index (χ4n) is 0.958. The molecule has 2 aromatic heterocycles. The highest BCUT2D eigenvalue weighted by Crippen LogP contribution is 2.04. The Kier molecular flexibility index (Phi) is 1.48. The molecule has 0 aromatic carbocycles. The Morgan fingerprint density at radius 1 is 1.62 bits per heavy atom. The normalized spacial score (nSPS) is 10.5. The molecule has 0 unspecified atom stereocenters. The van der Waals surface area contributed by atoms with Crippen LogP contribution in [-0.4, -0.2) is 25.7 Å². The van der Waals surface area contributed by atoms with Crippen molar-refractivity contribution in [3.05, 3.63) is 30.0 Å². The quantitative estimate of drug-likeness (QED) is 0.698. The van der Waals surface area contributed by atoms with E-state index in [0.29, 0.717) is 5.65 Å². The van der Waals surface area contributed by atoms with Gasteiger partial charge in [0.2, 0.25) is 0 Å². The van der Waals surface area contributed by atoms with E-state index >= 15 is 0 Å². The van der Waals surface area contributed by atoms with Gasteiger partial charge in [-0.1, -0.05) is 0 Å². The van der Waals surface area contributed by atoms with Crippen LogP contribution in [0, 0.1) is 5.82 Å². The average molecular weight is 181 g/mol. The van der Waals surface area contributed by atoms with Gasteiger partial charge in [-0.25, -0.2) is 18.7 Å². The lowest BCUT2D eigenvalue weighted by Crippen LogP contribution is -1.97. The molecule has 2 rings (SSSR count). The highest BCUT2D eigenvalue weighted by atomic mass is 19.1. The Morgan fingerprint density at radius 3 is 3.08 bits per heavy atom. The zero-order valence-electron chi connectivity index (χ0n) is 6.31. The van der Waals surface area contributed by atoms with E-state index in [4.69, 9.17) is 5.11 Å². The minimum absolute atomic E-state index is 0.155. The highest BCUT2D eigenvalue weighted by Gasteiger charge is 2.09. The fraction of sp³-hybridized carbons (Fsp3) is 0. The second-order valence-electron chi connectivity index (χ2n) is 2.41. The first-order chi connectivity index (χ1) is 6.16. The smallest absolute Gasteiger partial charge is 0.356 e. The van der Waals surface area contributed by atoms with Crippen LogP contribution in [0.5, 0.6) is 0 Å². The third-order valence-electron chi connectivity index (χ3n) is 1.50. The minimum Gasteiger partial charge on any atom is -0.476 e. The Balaban J connectivity index is 2.68. The molecule has 0 spiro atoms. The van der Waals surface area contributed by atoms with Gasteiger partial charge in [-0.15, -0.1) is 0 Å². The lowest BCUT2D eigenvalue weighted by atomic mass is 10.4. The molecule has 13 heavy (non-hydrogen) atoms. The second-order valence-corrected chi connectivity index (χ2v) is 2.41. The third kappa shape index (κ3) is 1.22. The monoisotopic (exact) mass is 181 g/mol. The first kappa shape index (κ1) is 7.66. The Morgan fingerprint density at radius 2 is 2.38 bits per heavy atom. The summed E-state index contributed by atoms with van der Waals surface area (Å²) in [5.41, 5.74) is 0.150. The SMILES string of the molecule is O=C(O)c1cc2ncc(F)cn2n1. The molecule has 0 saturated heterocycles. The average Bonchev–Trinajstić information content (AvgIpc) is 2.46. The number of carbonyl (C=O) groups is 1. The lowest BCUT2D eigenvalue weighted by molar-refractivity contribution is 0.0690. The van der Waals surface area contributed by atoms with Crippen LogP contribution in [0.15, 0.2) is 18.5 Å². The summed E-state index contributed by atoms with van der Waals surface area (Å²) in [7, 11) is 0. The van der Waals surface area contributed by atoms with Crippen molar-refractivity contribution in [2.24, 2.45) is 0 Å². The van der Waals surface area contributed by atoms with Gasteiger partial charge in [-0.05, 0) is 0 Å². The van der Waals surface area contributed by atoms with Crippen molar-refractivity contribution in [2.45, 2.75) is 0 Å². The van der Waals surface area contributed by atoms with Crippen molar-refractivity contribution in [1.82, 2.24) is 14.6 Å². The summed E-state index contributed by atoms with van der Waals surface area (Å²) in [5.74, 6) is -1.72. The maximum atomic E-state index is 12.6. The number of rotatable bonds is 1. The van der Waals surface area contributed by atoms with E-state index in [-0.39, 0.29) is 5.69 Å². The second kappa shape index (κ2) is 2.51. The van der Waals surface area contributed by atoms with E-state index in [9.17, 15) is 9.18 Å². The molecule has 0 saturated carbocycles. The van der Waals surface area contributed by atoms with Gasteiger partial charge in [0, 0.05) is 6.07 Å². The molecule has 66 valence electrons. The molecule has 6 heteroatoms. The van der Waals surface area contributed by atoms with Gasteiger partial charge in [-0.3, -0.25) is 0 Å². The number of fused-ring (bicyclic) bond motifs is 1. The zero-order chi connectivity index (χ0) is 9.42. The van der Waals surface area contributed by atoms with Crippen molar-refractivity contribution in [1.29, 1.82) is 0 Å². The molecule has 0 radical (unpaired) electrons. The van der Waals surface area contributed by atoms with Gasteiger partial charge in [0.05, 0.1) is 12.4 Å². The molecule has 0 amide bonds. The minimum atomic E-state index is -1.16. The molecule has 2 heterocycles. The van der Waals surface area contributed by atoms with Crippen LogP contribution < -0.4 is 0 Å². The maximum absolute atomic E-state index is 12.6. The number of carboxylic acid groups (broad SMARTS) is 1. The Bertz CT molecular complexity index is 480. The first-order valence-electron chi connectivity index (χ1n) is 3.41. The van der Waals surface area contributed by atoms with Crippen LogP contribution in [-0.2, 0) is 0 Å². The predicted octanol–water partition coefficient (Wildman–Crippen LogP) is 0.567. The van der Waals surface area contributed by atoms with Gasteiger partial charge in [0.15, 0.2) is 17.2 Å². The topological polar surface area (TPSA) is 67.5 Å². The third-order valence-corrected chi connectivity index (χ3v) is 1.50. The predicted molar refractivity (Wildman–Crippen MR) is 39.9 cm³/mol. The van der Waals surface area contributed by atoms with Gasteiger partial charge in [0.1, 0.15) is 0 Å². The summed E-state index contributed by atoms with van der Waals surface area (Å²) in [6.45, 7) is 0. The number of hydrogen-bond acceptors (Lipinski definition) is 3. The number of nitrogens with zero attached hydrogens (tertiary/aromatic N) is 3. The number of carboxylic acids is 1. The van der Waals surface area contributed by atoms with Crippen LogP contribution in [0.25, 0.3) is 5.65 Å². The number of halogens is 1. The summed E-state index contributed by atoms with van der Waals surface area (Å²) in [6.07, 6.45) is 2.07. The summed E-state index contributed by atoms with van der Waals surface area (Å²) in [5, 5.41) is 12.1. The van der Waals surface area contributed by atoms with Gasteiger partial charge < -0.3 is 5.11 Å². The summed E-state index contributed by atoms with van der Waals surface area (Å²) in [4.78, 5) is 14.1. The van der Waals surface area contributed by atoms with Crippen molar-refractivity contribution < 1.29 is 14.3 Å². The Labute approximate surface area is 71.4 Å². The van der Waals surface area contributed by atoms with E-state index < -0.39 is 11.8 Å². The van der Waals surface area contributed by atoms with Crippen LogP contribution in [0.4, 0.5) is 4.39 Å². The molecule has 0 bridgehead atoms. The van der Waals surface area contributed by atoms with E-state index in [2.05, 4.69) is 10.1 Å². The molecule has 0 aliphatic rings. The van der Waals surface area contributed by atoms with E-state index in [1.807, 2.05) is 0 Å². The molecule has 0 atom stereocenters. The summed E-state index contributed by atoms with van der Waals surface area (Å²) >= 11 is 0. The first-order valence-corrected chi connectivity index (χ1v) is 3.41. The molecular formula is C7H4FN3O2. The molecular weight excluding hydrogens is 177 g/mol. The van der Waals surface area contributed by atoms with Crippen molar-refractivity contribution in [3.8, 4) is 0 Å². The van der Waals surface area contributed by atoms with E-state index in [1.54, 1.807) is 0 Å². The highest BCUT2D eigenvalue weighted by molar-refractivity contribution is 5.86. The Hall–Kier alpha value is -1.98. The lowest BCUT2D eigenvalue weighted by Gasteiger charge is -1.89. The van der Waals surface area contributed by atoms with Gasteiger partial charge >= 0.3 is 5.97 Å². The van der Waals surface area contributed by atoms with Gasteiger partial charge in [-0.2, -0.15) is 5.10 Å². The molecule has 2 aromatic rings. The number of hydrogen-bond donors (Lipinski definition) is 1. The summed E-state index contributed by atoms with van der Waals surface area (Å²) in [6, 6.07) is 1.27. The van der Waals surface area contributed by atoms with Crippen LogP contribution >= 0.6 is 0 Å². The van der Waals surface area contributed by atoms with Gasteiger partial charge in [0.25, 0.3) is 0 Å². The fourth-order valence-corrected chi connectivity index (χ4v) is 0.958. The zero-order valence-corrected chi connectivity index (χ0v) is 6.31. The van der Waals surface area contributed by atoms with Crippen LogP contribution in [0.3, 0.4) is 0 Å². The van der Waals surface area contributed by atoms with Crippen molar-refractivity contribution in [2.75, 3.05) is 0 Å². The van der Waals surface area contributed by atoms with Crippen LogP contribution in [0.1, 0.15) is 10.5 Å². The van der Waals surface area contributed by atoms with Crippen LogP contribution in [0.2, 0.25) is 0 Å². The molecule has 1 N–H and O–H groups in total. The summed E-state index contributed by atoms with van der Waals surface area (Å²) < 4.78 is 13.7. The van der Waals surface area contributed by atoms with Crippen molar-refractivity contribution >= 4 is 11.6 Å². The largest absolute Gasteiger partial charge is 0.476 e. The molecule has 5 nitrogen and oxygen atoms in total. The number of aromatic carboxylic acids is 1.